The van der Waals surface area contributed by atoms with Crippen molar-refractivity contribution in [2.75, 3.05) is 27.0 Å². The summed E-state index contributed by atoms with van der Waals surface area (Å²) in [7, 11) is -2.74. The number of hydrogen-bond acceptors (Lipinski definition) is 15. The second-order valence-corrected chi connectivity index (χ2v) is 38.4. The normalized spacial score (nSPS) is 16.4. The highest BCUT2D eigenvalue weighted by molar-refractivity contribution is 6.77. The fourth-order valence-corrected chi connectivity index (χ4v) is 17.5. The van der Waals surface area contributed by atoms with Gasteiger partial charge in [-0.05, 0) is 98.5 Å². The van der Waals surface area contributed by atoms with Crippen molar-refractivity contribution in [3.8, 4) is 0 Å². The number of rotatable bonds is 33. The van der Waals surface area contributed by atoms with Crippen LogP contribution >= 0.6 is 0 Å². The Kier molecular flexibility index (Phi) is 30.1. The van der Waals surface area contributed by atoms with Crippen LogP contribution in [0.15, 0.2) is 60.7 Å². The molecule has 0 aromatic heterocycles. The highest BCUT2D eigenvalue weighted by Gasteiger charge is 2.49. The van der Waals surface area contributed by atoms with Crippen LogP contribution in [-0.2, 0) is 74.6 Å². The van der Waals surface area contributed by atoms with E-state index in [-0.39, 0.29) is 67.3 Å². The minimum Gasteiger partial charge on any atom is -0.458 e. The van der Waals surface area contributed by atoms with Crippen molar-refractivity contribution in [1.82, 2.24) is 25.8 Å². The minimum absolute atomic E-state index is 0.0189. The average molecular weight is 1250 g/mol. The second-order valence-electron chi connectivity index (χ2n) is 27.4. The number of carbonyl (C=O) groups is 8. The monoisotopic (exact) mass is 1250 g/mol. The summed E-state index contributed by atoms with van der Waals surface area (Å²) < 4.78 is 41.5. The molecule has 87 heavy (non-hydrogen) atoms. The third kappa shape index (κ3) is 24.2. The molecule has 1 fully saturated rings. The molecule has 1 aliphatic rings. The lowest BCUT2D eigenvalue weighted by Crippen LogP contribution is -2.58. The summed E-state index contributed by atoms with van der Waals surface area (Å²) in [5.41, 5.74) is 0.910. The van der Waals surface area contributed by atoms with Crippen LogP contribution in [0.1, 0.15) is 148 Å². The van der Waals surface area contributed by atoms with E-state index in [4.69, 9.17) is 32.8 Å². The van der Waals surface area contributed by atoms with Crippen LogP contribution in [0.2, 0.25) is 42.3 Å². The molecule has 0 aliphatic carbocycles. The predicted molar refractivity (Wildman–Crippen MR) is 340 cm³/mol. The number of amides is 5. The Morgan fingerprint density at radius 1 is 0.701 bits per heavy atom. The first-order valence-corrected chi connectivity index (χ1v) is 37.0. The molecule has 2 aromatic carbocycles. The third-order valence-corrected chi connectivity index (χ3v) is 23.5. The van der Waals surface area contributed by atoms with Crippen LogP contribution in [0.5, 0.6) is 0 Å². The third-order valence-electron chi connectivity index (χ3n) is 15.6. The smallest absolute Gasteiger partial charge is 0.408 e. The Morgan fingerprint density at radius 2 is 1.28 bits per heavy atom. The quantitative estimate of drug-likeness (QED) is 0.0198. The van der Waals surface area contributed by atoms with E-state index in [9.17, 15) is 38.4 Å². The summed E-state index contributed by atoms with van der Waals surface area (Å²) in [6.07, 6.45) is -4.67. The maximum atomic E-state index is 15.0. The first-order valence-electron chi connectivity index (χ1n) is 31.2. The van der Waals surface area contributed by atoms with E-state index in [2.05, 4.69) is 77.1 Å². The molecule has 1 saturated heterocycles. The van der Waals surface area contributed by atoms with E-state index >= 15 is 0 Å². The number of esters is 3. The molecule has 8 atom stereocenters. The van der Waals surface area contributed by atoms with Crippen molar-refractivity contribution >= 4 is 64.2 Å². The minimum atomic E-state index is -2.73. The number of nitrogens with zero attached hydrogens (tertiary/aromatic N) is 2. The van der Waals surface area contributed by atoms with Crippen molar-refractivity contribution < 1.29 is 71.2 Å². The Hall–Kier alpha value is -5.85. The van der Waals surface area contributed by atoms with E-state index in [1.54, 1.807) is 58.9 Å². The fourth-order valence-electron chi connectivity index (χ4n) is 11.1. The lowest BCUT2D eigenvalue weighted by atomic mass is 9.96. The SMILES string of the molecule is CC(C)C[C@H](NC(=O)[C@@H](OC(=O)C[C@H](O[Si](C(C)C)(C(C)C)C(C)C)[C@H](NC(=O)OCc1ccccc1)C(C)C)C(C)C)C(=O)N1CCC[C@H]1C(=O)N(C)[C@@H](Cc1ccccc1)C(=O)O[C@H](C)[C@H](NC(=O)OC(C)(C)C)C(=O)OCOCC[Si](C)(C)C. The molecule has 0 bridgehead atoms. The van der Waals surface area contributed by atoms with Crippen molar-refractivity contribution in [3.05, 3.63) is 71.8 Å². The number of hydrogen-bond donors (Lipinski definition) is 3. The number of likely N-dealkylation sites (N-methyl/N-ethyl adjacent to an activating group) is 1. The van der Waals surface area contributed by atoms with Gasteiger partial charge >= 0.3 is 30.1 Å². The molecule has 0 spiro atoms. The van der Waals surface area contributed by atoms with Gasteiger partial charge < -0.3 is 58.6 Å². The van der Waals surface area contributed by atoms with Gasteiger partial charge in [0, 0.05) is 34.7 Å². The molecule has 0 radical (unpaired) electrons. The molecule has 22 heteroatoms. The molecular weight excluding hydrogens is 1150 g/mol. The van der Waals surface area contributed by atoms with Crippen molar-refractivity contribution in [1.29, 1.82) is 0 Å². The maximum absolute atomic E-state index is 15.0. The summed E-state index contributed by atoms with van der Waals surface area (Å²) in [5.74, 6) is -5.28. The van der Waals surface area contributed by atoms with Gasteiger partial charge in [-0.1, -0.05) is 163 Å². The molecule has 2 aromatic rings. The van der Waals surface area contributed by atoms with Crippen LogP contribution in [-0.4, -0.2) is 155 Å². The number of nitrogens with one attached hydrogen (secondary N) is 3. The zero-order chi connectivity index (χ0) is 65.7. The van der Waals surface area contributed by atoms with Crippen LogP contribution in [0.3, 0.4) is 0 Å². The Morgan fingerprint density at radius 3 is 1.79 bits per heavy atom. The highest BCUT2D eigenvalue weighted by atomic mass is 28.4. The van der Waals surface area contributed by atoms with Crippen LogP contribution < -0.4 is 16.0 Å². The topological polar surface area (TPSA) is 244 Å². The van der Waals surface area contributed by atoms with Crippen LogP contribution in [0.4, 0.5) is 9.59 Å². The second kappa shape index (κ2) is 34.8. The Bertz CT molecular complexity index is 2500. The zero-order valence-electron chi connectivity index (χ0n) is 55.9. The molecule has 490 valence electrons. The molecule has 20 nitrogen and oxygen atoms in total. The number of ether oxygens (including phenoxy) is 6. The summed E-state index contributed by atoms with van der Waals surface area (Å²) in [5, 5.41) is 8.41. The van der Waals surface area contributed by atoms with Gasteiger partial charge in [-0.25, -0.2) is 19.2 Å². The summed E-state index contributed by atoms with van der Waals surface area (Å²) in [6.45, 7) is 37.0. The average Bonchev–Trinajstić information content (AvgIpc) is 2.19. The van der Waals surface area contributed by atoms with Crippen molar-refractivity contribution in [3.63, 3.8) is 0 Å². The predicted octanol–water partition coefficient (Wildman–Crippen LogP) is 10.7. The van der Waals surface area contributed by atoms with Crippen LogP contribution in [0.25, 0.3) is 0 Å². The van der Waals surface area contributed by atoms with E-state index < -0.39 is 131 Å². The van der Waals surface area contributed by atoms with Gasteiger partial charge in [0.05, 0.1) is 18.6 Å². The maximum Gasteiger partial charge on any atom is 0.408 e. The lowest BCUT2D eigenvalue weighted by molar-refractivity contribution is -0.169. The largest absolute Gasteiger partial charge is 0.458 e. The fraction of sp³-hybridized carbons (Fsp3) is 0.692. The van der Waals surface area contributed by atoms with Crippen molar-refractivity contribution in [2.24, 2.45) is 17.8 Å². The summed E-state index contributed by atoms with van der Waals surface area (Å²) >= 11 is 0. The molecule has 3 N–H and O–H groups in total. The first-order chi connectivity index (χ1) is 40.5. The van der Waals surface area contributed by atoms with Gasteiger partial charge in [0.25, 0.3) is 5.91 Å². The number of likely N-dealkylation sites (tertiary alicyclic amines) is 1. The molecule has 3 rings (SSSR count). The van der Waals surface area contributed by atoms with Gasteiger partial charge in [0.15, 0.2) is 18.9 Å². The van der Waals surface area contributed by atoms with Gasteiger partial charge in [-0.15, -0.1) is 0 Å². The standard InChI is InChI=1S/C65H107N5O15Si2/c1-41(2)36-50(66-58(72)57(43(5)6)83-54(71)38-53(85-87(44(7)8,45(9)10)46(11)12)55(42(3)4)67-63(77)80-39-49-30-25-22-26-31-49)59(73)70-33-27-32-51(70)60(74)69(17)52(37-48-28-23-21-24-29-48)61(75)82-47(13)56(68-64(78)84-65(14,15)16)62(76)81-40-79-34-35-86(18,19)20/h21-26,28-31,41-47,50-53,55-57H,27,32-40H2,1-20H3,(H,66,72)(H,67,77)(H,68,78)/t47-,50+,51+,52+,53+,55-,56+,57+/m1/s1. The van der Waals surface area contributed by atoms with Gasteiger partial charge in [0.1, 0.15) is 36.4 Å². The van der Waals surface area contributed by atoms with E-state index in [1.807, 2.05) is 64.1 Å². The van der Waals surface area contributed by atoms with E-state index in [1.165, 1.54) is 23.8 Å². The molecule has 0 saturated carbocycles. The zero-order valence-corrected chi connectivity index (χ0v) is 57.9. The summed E-state index contributed by atoms with van der Waals surface area (Å²) in [6, 6.07) is 13.3. The number of carbonyl (C=O) groups excluding carboxylic acids is 8. The Balaban J connectivity index is 1.94. The number of alkyl carbamates (subject to hydrolysis) is 2. The molecular formula is C65H107N5O15Si2. The number of benzene rings is 2. The molecule has 1 aliphatic heterocycles. The highest BCUT2D eigenvalue weighted by Crippen LogP contribution is 2.44. The lowest BCUT2D eigenvalue weighted by Gasteiger charge is -2.46. The van der Waals surface area contributed by atoms with Gasteiger partial charge in [0.2, 0.25) is 20.1 Å². The van der Waals surface area contributed by atoms with E-state index in [0.717, 1.165) is 11.6 Å². The molecule has 0 unspecified atom stereocenters. The van der Waals surface area contributed by atoms with Gasteiger partial charge in [-0.2, -0.15) is 0 Å². The van der Waals surface area contributed by atoms with E-state index in [0.29, 0.717) is 18.6 Å². The van der Waals surface area contributed by atoms with Crippen molar-refractivity contribution in [2.45, 2.75) is 246 Å². The molecule has 5 amide bonds. The van der Waals surface area contributed by atoms with Crippen LogP contribution in [0, 0.1) is 17.8 Å². The first kappa shape index (κ1) is 75.4. The summed E-state index contributed by atoms with van der Waals surface area (Å²) in [4.78, 5) is 117. The van der Waals surface area contributed by atoms with Gasteiger partial charge in [-0.3, -0.25) is 19.2 Å². The molecule has 1 heterocycles. The Labute approximate surface area is 521 Å².